The highest BCUT2D eigenvalue weighted by atomic mass is 32.1. The van der Waals surface area contributed by atoms with E-state index in [-0.39, 0.29) is 11.8 Å². The number of esters is 1. The van der Waals surface area contributed by atoms with Crippen LogP contribution in [0.15, 0.2) is 42.7 Å². The summed E-state index contributed by atoms with van der Waals surface area (Å²) in [6, 6.07) is 9.29. The van der Waals surface area contributed by atoms with Crippen molar-refractivity contribution >= 4 is 39.8 Å². The molecule has 182 valence electrons. The maximum Gasteiger partial charge on any atom is 0.341 e. The summed E-state index contributed by atoms with van der Waals surface area (Å²) in [5, 5.41) is 6.24. The maximum absolute atomic E-state index is 13.2. The minimum absolute atomic E-state index is 0.341. The number of hydrogen-bond donors (Lipinski definition) is 2. The Morgan fingerprint density at radius 2 is 1.74 bits per heavy atom. The lowest BCUT2D eigenvalue weighted by Crippen LogP contribution is -2.23. The van der Waals surface area contributed by atoms with Gasteiger partial charge < -0.3 is 15.4 Å². The highest BCUT2D eigenvalue weighted by Gasteiger charge is 2.28. The van der Waals surface area contributed by atoms with Crippen molar-refractivity contribution in [2.45, 2.75) is 52.4 Å². The van der Waals surface area contributed by atoms with Gasteiger partial charge in [-0.25, -0.2) is 4.79 Å². The fraction of sp³-hybridized carbons (Fsp3) is 0.333. The van der Waals surface area contributed by atoms with E-state index in [0.717, 1.165) is 65.8 Å². The van der Waals surface area contributed by atoms with E-state index in [1.54, 1.807) is 18.3 Å². The Hall–Kier alpha value is -3.52. The normalized spacial score (nSPS) is 12.5. The van der Waals surface area contributed by atoms with Crippen LogP contribution >= 0.6 is 11.3 Å². The van der Waals surface area contributed by atoms with E-state index in [4.69, 9.17) is 4.74 Å². The van der Waals surface area contributed by atoms with Gasteiger partial charge in [-0.05, 0) is 67.3 Å². The summed E-state index contributed by atoms with van der Waals surface area (Å²) in [4.78, 5) is 43.7. The second kappa shape index (κ2) is 11.3. The number of ether oxygens (including phenoxy) is 1. The van der Waals surface area contributed by atoms with Crippen molar-refractivity contribution in [1.29, 1.82) is 0 Å². The van der Waals surface area contributed by atoms with Gasteiger partial charge in [0.1, 0.15) is 5.00 Å². The van der Waals surface area contributed by atoms with Gasteiger partial charge in [0.05, 0.1) is 11.1 Å². The van der Waals surface area contributed by atoms with E-state index >= 15 is 0 Å². The Morgan fingerprint density at radius 3 is 2.43 bits per heavy atom. The monoisotopic (exact) mass is 491 g/mol. The van der Waals surface area contributed by atoms with Gasteiger partial charge in [0.25, 0.3) is 11.8 Å². The number of aryl methyl sites for hydroxylation is 3. The number of pyridine rings is 1. The number of thiophene rings is 1. The molecule has 0 saturated carbocycles. The predicted molar refractivity (Wildman–Crippen MR) is 137 cm³/mol. The second-order valence-electron chi connectivity index (χ2n) is 8.39. The number of nitrogens with zero attached hydrogens (tertiary/aromatic N) is 1. The molecule has 1 aliphatic carbocycles. The van der Waals surface area contributed by atoms with E-state index in [2.05, 4.69) is 15.6 Å². The molecule has 1 aliphatic rings. The SMILES string of the molecule is CCc1cccc(CC)c1NC(=O)COC(=O)c1c(NC(=O)c2cccnc2)sc2c1CCCC2. The minimum Gasteiger partial charge on any atom is -0.452 e. The quantitative estimate of drug-likeness (QED) is 0.423. The molecule has 4 rings (SSSR count). The first-order chi connectivity index (χ1) is 17.0. The zero-order valence-corrected chi connectivity index (χ0v) is 20.8. The first kappa shape index (κ1) is 24.6. The number of carbonyl (C=O) groups is 3. The van der Waals surface area contributed by atoms with Crippen LogP contribution in [0.1, 0.15) is 69.0 Å². The summed E-state index contributed by atoms with van der Waals surface area (Å²) in [5.41, 5.74) is 4.54. The Bertz CT molecular complexity index is 1210. The van der Waals surface area contributed by atoms with Crippen molar-refractivity contribution in [2.75, 3.05) is 17.2 Å². The first-order valence-corrected chi connectivity index (χ1v) is 12.8. The lowest BCUT2D eigenvalue weighted by Gasteiger charge is -2.15. The Labute approximate surface area is 208 Å². The van der Waals surface area contributed by atoms with Crippen LogP contribution in [0, 0.1) is 0 Å². The average Bonchev–Trinajstić information content (AvgIpc) is 3.25. The number of para-hydroxylation sites is 1. The maximum atomic E-state index is 13.2. The molecule has 35 heavy (non-hydrogen) atoms. The molecule has 8 heteroatoms. The first-order valence-electron chi connectivity index (χ1n) is 11.9. The highest BCUT2D eigenvalue weighted by molar-refractivity contribution is 7.17. The summed E-state index contributed by atoms with van der Waals surface area (Å²) in [6.07, 6.45) is 8.24. The number of hydrogen-bond acceptors (Lipinski definition) is 6. The van der Waals surface area contributed by atoms with Gasteiger partial charge in [-0.3, -0.25) is 14.6 Å². The third kappa shape index (κ3) is 5.59. The number of benzene rings is 1. The number of fused-ring (bicyclic) bond motifs is 1. The van der Waals surface area contributed by atoms with Crippen LogP contribution in [0.2, 0.25) is 0 Å². The van der Waals surface area contributed by atoms with E-state index in [9.17, 15) is 14.4 Å². The van der Waals surface area contributed by atoms with E-state index < -0.39 is 12.6 Å². The van der Waals surface area contributed by atoms with Crippen molar-refractivity contribution in [3.63, 3.8) is 0 Å². The van der Waals surface area contributed by atoms with Gasteiger partial charge in [-0.2, -0.15) is 0 Å². The van der Waals surface area contributed by atoms with Crippen molar-refractivity contribution in [2.24, 2.45) is 0 Å². The van der Waals surface area contributed by atoms with Crippen LogP contribution in [0.3, 0.4) is 0 Å². The fourth-order valence-electron chi connectivity index (χ4n) is 4.32. The van der Waals surface area contributed by atoms with Gasteiger partial charge in [0.2, 0.25) is 0 Å². The summed E-state index contributed by atoms with van der Waals surface area (Å²) in [5.74, 6) is -1.33. The second-order valence-corrected chi connectivity index (χ2v) is 9.50. The molecule has 0 bridgehead atoms. The molecular weight excluding hydrogens is 462 g/mol. The largest absolute Gasteiger partial charge is 0.452 e. The number of nitrogens with one attached hydrogen (secondary N) is 2. The Balaban J connectivity index is 1.50. The van der Waals surface area contributed by atoms with Gasteiger partial charge in [-0.15, -0.1) is 11.3 Å². The molecule has 3 aromatic rings. The molecule has 0 radical (unpaired) electrons. The van der Waals surface area contributed by atoms with Crippen molar-refractivity contribution < 1.29 is 19.1 Å². The van der Waals surface area contributed by atoms with Gasteiger partial charge >= 0.3 is 5.97 Å². The molecule has 2 aromatic heterocycles. The summed E-state index contributed by atoms with van der Waals surface area (Å²) in [7, 11) is 0. The third-order valence-corrected chi connectivity index (χ3v) is 7.33. The zero-order valence-electron chi connectivity index (χ0n) is 20.0. The topological polar surface area (TPSA) is 97.4 Å². The van der Waals surface area contributed by atoms with Crippen molar-refractivity contribution in [3.05, 3.63) is 75.4 Å². The minimum atomic E-state index is -0.597. The van der Waals surface area contributed by atoms with Crippen LogP contribution in [0.25, 0.3) is 0 Å². The molecule has 2 N–H and O–H groups in total. The molecule has 0 atom stereocenters. The van der Waals surface area contributed by atoms with Crippen LogP contribution in [-0.2, 0) is 35.2 Å². The number of rotatable bonds is 8. The lowest BCUT2D eigenvalue weighted by molar-refractivity contribution is -0.119. The molecule has 0 spiro atoms. The Morgan fingerprint density at radius 1 is 1.00 bits per heavy atom. The van der Waals surface area contributed by atoms with Crippen LogP contribution in [0.5, 0.6) is 0 Å². The number of amides is 2. The summed E-state index contributed by atoms with van der Waals surface area (Å²) in [6.45, 7) is 3.66. The number of aromatic nitrogens is 1. The molecule has 0 aliphatic heterocycles. The molecule has 7 nitrogen and oxygen atoms in total. The van der Waals surface area contributed by atoms with E-state index in [0.29, 0.717) is 16.1 Å². The zero-order chi connectivity index (χ0) is 24.8. The fourth-order valence-corrected chi connectivity index (χ4v) is 5.60. The number of anilines is 2. The summed E-state index contributed by atoms with van der Waals surface area (Å²) < 4.78 is 5.45. The van der Waals surface area contributed by atoms with Crippen molar-refractivity contribution in [3.8, 4) is 0 Å². The standard InChI is InChI=1S/C27H29N3O4S/c1-3-17-9-7-10-18(4-2)24(17)29-22(31)16-34-27(33)23-20-12-5-6-13-21(20)35-26(23)30-25(32)19-11-8-14-28-15-19/h7-11,14-15H,3-6,12-13,16H2,1-2H3,(H,29,31)(H,30,32). The molecule has 0 fully saturated rings. The molecule has 1 aromatic carbocycles. The Kier molecular flexibility index (Phi) is 7.92. The predicted octanol–water partition coefficient (Wildman–Crippen LogP) is 5.19. The van der Waals surface area contributed by atoms with Crippen LogP contribution in [-0.4, -0.2) is 29.4 Å². The molecule has 2 heterocycles. The van der Waals surface area contributed by atoms with E-state index in [1.165, 1.54) is 17.5 Å². The van der Waals surface area contributed by atoms with Crippen LogP contribution in [0.4, 0.5) is 10.7 Å². The number of carbonyl (C=O) groups excluding carboxylic acids is 3. The van der Waals surface area contributed by atoms with Crippen molar-refractivity contribution in [1.82, 2.24) is 4.98 Å². The lowest BCUT2D eigenvalue weighted by atomic mass is 9.95. The average molecular weight is 492 g/mol. The van der Waals surface area contributed by atoms with Gasteiger partial charge in [0.15, 0.2) is 6.61 Å². The molecular formula is C27H29N3O4S. The molecule has 0 unspecified atom stereocenters. The molecule has 2 amide bonds. The smallest absolute Gasteiger partial charge is 0.341 e. The van der Waals surface area contributed by atoms with Gasteiger partial charge in [-0.1, -0.05) is 32.0 Å². The van der Waals surface area contributed by atoms with Crippen LogP contribution < -0.4 is 10.6 Å². The van der Waals surface area contributed by atoms with E-state index in [1.807, 2.05) is 32.0 Å². The van der Waals surface area contributed by atoms with Gasteiger partial charge in [0, 0.05) is 23.0 Å². The third-order valence-electron chi connectivity index (χ3n) is 6.12. The molecule has 0 saturated heterocycles. The highest BCUT2D eigenvalue weighted by Crippen LogP contribution is 2.38. The summed E-state index contributed by atoms with van der Waals surface area (Å²) >= 11 is 1.41.